The van der Waals surface area contributed by atoms with Gasteiger partial charge in [0, 0.05) is 6.61 Å². The van der Waals surface area contributed by atoms with Gasteiger partial charge in [-0.2, -0.15) is 0 Å². The van der Waals surface area contributed by atoms with E-state index < -0.39 is 15.8 Å². The van der Waals surface area contributed by atoms with Gasteiger partial charge in [-0.1, -0.05) is 6.08 Å². The van der Waals surface area contributed by atoms with E-state index >= 15 is 0 Å². The van der Waals surface area contributed by atoms with Crippen LogP contribution in [-0.4, -0.2) is 38.5 Å². The summed E-state index contributed by atoms with van der Waals surface area (Å²) in [5, 5.41) is 8.75. The molecule has 0 aromatic heterocycles. The quantitative estimate of drug-likeness (QED) is 0.558. The van der Waals surface area contributed by atoms with Crippen LogP contribution in [-0.2, 0) is 14.6 Å². The highest BCUT2D eigenvalue weighted by Gasteiger charge is 2.14. The Balaban J connectivity index is 2.51. The van der Waals surface area contributed by atoms with Crippen molar-refractivity contribution in [2.75, 3.05) is 19.0 Å². The zero-order valence-corrected chi connectivity index (χ0v) is 11.9. The second-order valence-corrected chi connectivity index (χ2v) is 6.30. The van der Waals surface area contributed by atoms with Crippen molar-refractivity contribution in [3.05, 3.63) is 42.5 Å². The minimum absolute atomic E-state index is 0.0598. The lowest BCUT2D eigenvalue weighted by molar-refractivity contribution is 0.0696. The Kier molecular flexibility index (Phi) is 6.41. The van der Waals surface area contributed by atoms with Crippen LogP contribution in [0.3, 0.4) is 0 Å². The topological polar surface area (TPSA) is 80.7 Å². The van der Waals surface area contributed by atoms with Gasteiger partial charge in [0.2, 0.25) is 0 Å². The zero-order chi connectivity index (χ0) is 15.0. The Morgan fingerprint density at radius 1 is 1.25 bits per heavy atom. The number of unbranched alkanes of at least 4 members (excludes halogenated alkanes) is 1. The first kappa shape index (κ1) is 16.4. The molecule has 110 valence electrons. The molecule has 0 radical (unpaired) electrons. The van der Waals surface area contributed by atoms with E-state index in [9.17, 15) is 13.2 Å². The van der Waals surface area contributed by atoms with Crippen LogP contribution in [0, 0.1) is 0 Å². The van der Waals surface area contributed by atoms with Crippen LogP contribution in [0.15, 0.2) is 41.8 Å². The average molecular weight is 298 g/mol. The molecule has 0 aliphatic rings. The molecule has 0 aliphatic heterocycles. The number of carboxylic acid groups (broad SMARTS) is 1. The Morgan fingerprint density at radius 2 is 1.90 bits per heavy atom. The molecule has 1 aromatic carbocycles. The summed E-state index contributed by atoms with van der Waals surface area (Å²) in [5.41, 5.74) is 0.0598. The number of ether oxygens (including phenoxy) is 1. The van der Waals surface area contributed by atoms with Crippen molar-refractivity contribution >= 4 is 15.8 Å². The number of benzene rings is 1. The van der Waals surface area contributed by atoms with Gasteiger partial charge in [-0.25, -0.2) is 13.2 Å². The fourth-order valence-electron chi connectivity index (χ4n) is 1.52. The van der Waals surface area contributed by atoms with E-state index in [1.54, 1.807) is 6.08 Å². The van der Waals surface area contributed by atoms with Crippen molar-refractivity contribution in [1.82, 2.24) is 0 Å². The van der Waals surface area contributed by atoms with Crippen LogP contribution in [0.25, 0.3) is 0 Å². The van der Waals surface area contributed by atoms with Gasteiger partial charge in [0.05, 0.1) is 22.8 Å². The number of hydrogen-bond acceptors (Lipinski definition) is 4. The lowest BCUT2D eigenvalue weighted by Gasteiger charge is -2.06. The highest BCUT2D eigenvalue weighted by molar-refractivity contribution is 7.91. The molecule has 0 atom stereocenters. The third-order valence-electron chi connectivity index (χ3n) is 2.65. The van der Waals surface area contributed by atoms with Crippen molar-refractivity contribution in [2.45, 2.75) is 17.7 Å². The number of aromatic carboxylic acids is 1. The first-order chi connectivity index (χ1) is 9.47. The van der Waals surface area contributed by atoms with Gasteiger partial charge in [0.25, 0.3) is 0 Å². The predicted octanol–water partition coefficient (Wildman–Crippen LogP) is 2.14. The van der Waals surface area contributed by atoms with E-state index in [0.717, 1.165) is 12.8 Å². The summed E-state index contributed by atoms with van der Waals surface area (Å²) in [4.78, 5) is 10.8. The first-order valence-electron chi connectivity index (χ1n) is 6.22. The molecule has 0 heterocycles. The van der Waals surface area contributed by atoms with Crippen LogP contribution in [0.4, 0.5) is 0 Å². The maximum absolute atomic E-state index is 12.0. The molecular formula is C14H18O5S. The number of allylic oxidation sites excluding steroid dienone is 1. The van der Waals surface area contributed by atoms with E-state index in [1.165, 1.54) is 24.3 Å². The maximum Gasteiger partial charge on any atom is 0.335 e. The highest BCUT2D eigenvalue weighted by Crippen LogP contribution is 2.12. The third-order valence-corrected chi connectivity index (χ3v) is 4.35. The minimum Gasteiger partial charge on any atom is -0.478 e. The zero-order valence-electron chi connectivity index (χ0n) is 11.1. The van der Waals surface area contributed by atoms with Crippen molar-refractivity contribution < 1.29 is 23.1 Å². The largest absolute Gasteiger partial charge is 0.478 e. The van der Waals surface area contributed by atoms with Gasteiger partial charge in [0.1, 0.15) is 0 Å². The van der Waals surface area contributed by atoms with Gasteiger partial charge in [-0.05, 0) is 37.1 Å². The molecule has 0 aliphatic carbocycles. The van der Waals surface area contributed by atoms with E-state index in [2.05, 4.69) is 6.58 Å². The van der Waals surface area contributed by atoms with Gasteiger partial charge in [0.15, 0.2) is 9.84 Å². The maximum atomic E-state index is 12.0. The molecule has 1 aromatic rings. The minimum atomic E-state index is -3.43. The van der Waals surface area contributed by atoms with Crippen LogP contribution in [0.2, 0.25) is 0 Å². The van der Waals surface area contributed by atoms with Crippen molar-refractivity contribution in [2.24, 2.45) is 0 Å². The fourth-order valence-corrected chi connectivity index (χ4v) is 2.65. The lowest BCUT2D eigenvalue weighted by Crippen LogP contribution is -2.13. The number of sulfone groups is 1. The first-order valence-corrected chi connectivity index (χ1v) is 7.87. The lowest BCUT2D eigenvalue weighted by atomic mass is 10.2. The molecule has 0 saturated heterocycles. The molecule has 0 bridgehead atoms. The molecule has 1 rings (SSSR count). The number of rotatable bonds is 9. The smallest absolute Gasteiger partial charge is 0.335 e. The van der Waals surface area contributed by atoms with E-state index in [4.69, 9.17) is 9.84 Å². The molecule has 0 saturated carbocycles. The Labute approximate surface area is 118 Å². The van der Waals surface area contributed by atoms with Crippen LogP contribution in [0.1, 0.15) is 23.2 Å². The Morgan fingerprint density at radius 3 is 2.45 bits per heavy atom. The molecule has 20 heavy (non-hydrogen) atoms. The summed E-state index contributed by atoms with van der Waals surface area (Å²) in [6.07, 6.45) is 3.43. The highest BCUT2D eigenvalue weighted by atomic mass is 32.2. The fraction of sp³-hybridized carbons (Fsp3) is 0.357. The number of hydrogen-bond donors (Lipinski definition) is 1. The molecule has 1 N–H and O–H groups in total. The second-order valence-electron chi connectivity index (χ2n) is 4.19. The molecular weight excluding hydrogens is 280 g/mol. The normalized spacial score (nSPS) is 11.2. The van der Waals surface area contributed by atoms with Crippen molar-refractivity contribution in [3.63, 3.8) is 0 Å². The Bertz CT molecular complexity index is 545. The summed E-state index contributed by atoms with van der Waals surface area (Å²) in [5.74, 6) is -1.20. The molecule has 0 amide bonds. The third kappa shape index (κ3) is 5.14. The van der Waals surface area contributed by atoms with E-state index in [1.807, 2.05) is 0 Å². The summed E-state index contributed by atoms with van der Waals surface area (Å²) in [6.45, 7) is 4.21. The number of carboxylic acids is 1. The summed E-state index contributed by atoms with van der Waals surface area (Å²) in [6, 6.07) is 5.16. The SMILES string of the molecule is C=CCCCOCCS(=O)(=O)c1ccc(C(=O)O)cc1. The molecule has 6 heteroatoms. The number of carbonyl (C=O) groups is 1. The molecule has 0 fully saturated rings. The van der Waals surface area contributed by atoms with Crippen LogP contribution in [0.5, 0.6) is 0 Å². The molecule has 5 nitrogen and oxygen atoms in total. The predicted molar refractivity (Wildman–Crippen MR) is 75.7 cm³/mol. The molecule has 0 spiro atoms. The van der Waals surface area contributed by atoms with Crippen molar-refractivity contribution in [1.29, 1.82) is 0 Å². The van der Waals surface area contributed by atoms with Crippen molar-refractivity contribution in [3.8, 4) is 0 Å². The second kappa shape index (κ2) is 7.81. The van der Waals surface area contributed by atoms with Gasteiger partial charge in [-0.15, -0.1) is 6.58 Å². The summed E-state index contributed by atoms with van der Waals surface area (Å²) < 4.78 is 29.2. The van der Waals surface area contributed by atoms with E-state index in [-0.39, 0.29) is 22.8 Å². The molecule has 0 unspecified atom stereocenters. The standard InChI is InChI=1S/C14H18O5S/c1-2-3-4-9-19-10-11-20(17,18)13-7-5-12(6-8-13)14(15)16/h2,5-8H,1,3-4,9-11H2,(H,15,16). The van der Waals surface area contributed by atoms with Crippen LogP contribution < -0.4 is 0 Å². The Hall–Kier alpha value is -1.66. The van der Waals surface area contributed by atoms with E-state index in [0.29, 0.717) is 6.61 Å². The monoisotopic (exact) mass is 298 g/mol. The van der Waals surface area contributed by atoms with Gasteiger partial charge >= 0.3 is 5.97 Å². The summed E-state index contributed by atoms with van der Waals surface area (Å²) in [7, 11) is -3.43. The average Bonchev–Trinajstić information content (AvgIpc) is 2.43. The van der Waals surface area contributed by atoms with Crippen LogP contribution >= 0.6 is 0 Å². The van der Waals surface area contributed by atoms with Gasteiger partial charge < -0.3 is 9.84 Å². The van der Waals surface area contributed by atoms with Gasteiger partial charge in [-0.3, -0.25) is 0 Å². The summed E-state index contributed by atoms with van der Waals surface area (Å²) >= 11 is 0.